The summed E-state index contributed by atoms with van der Waals surface area (Å²) in [6.07, 6.45) is 4.08. The molecule has 2 heterocycles. The maximum absolute atomic E-state index is 11.5. The monoisotopic (exact) mass is 418 g/mol. The molecule has 142 valence electrons. The van der Waals surface area contributed by atoms with Gasteiger partial charge in [0.05, 0.1) is 11.4 Å². The van der Waals surface area contributed by atoms with Gasteiger partial charge in [-0.25, -0.2) is 18.4 Å². The fourth-order valence-electron chi connectivity index (χ4n) is 2.53. The number of hydrogen-bond donors (Lipinski definition) is 3. The standard InChI is InChI=1S/C14H18N4O5S3/c1-25(19,20)6-5-15-12-7-9(26(21,22)23)8-13(17-12)18-14-16-10-3-2-4-11(10)24-14/h7-8H,2-6H2,1H3,(H,21,22,23)(H2,15,16,17,18). The Labute approximate surface area is 155 Å². The number of pyridine rings is 1. The quantitative estimate of drug-likeness (QED) is 0.570. The molecule has 3 rings (SSSR count). The molecule has 0 saturated carbocycles. The van der Waals surface area contributed by atoms with E-state index < -0.39 is 20.0 Å². The molecule has 26 heavy (non-hydrogen) atoms. The number of aromatic nitrogens is 2. The molecule has 12 heteroatoms. The Kier molecular flexibility index (Phi) is 5.19. The van der Waals surface area contributed by atoms with Crippen LogP contribution >= 0.6 is 11.3 Å². The molecule has 0 spiro atoms. The number of sulfone groups is 1. The van der Waals surface area contributed by atoms with E-state index in [9.17, 15) is 21.4 Å². The van der Waals surface area contributed by atoms with Gasteiger partial charge >= 0.3 is 0 Å². The van der Waals surface area contributed by atoms with Crippen molar-refractivity contribution >= 4 is 48.1 Å². The second-order valence-corrected chi connectivity index (χ2v) is 10.7. The van der Waals surface area contributed by atoms with Crippen LogP contribution in [0.4, 0.5) is 16.8 Å². The molecule has 0 unspecified atom stereocenters. The fraction of sp³-hybridized carbons (Fsp3) is 0.429. The average Bonchev–Trinajstić information content (AvgIpc) is 3.06. The topological polar surface area (TPSA) is 138 Å². The molecule has 2 aromatic rings. The van der Waals surface area contributed by atoms with Crippen LogP contribution in [0.1, 0.15) is 17.0 Å². The third-order valence-corrected chi connectivity index (χ3v) is 6.56. The molecule has 0 aliphatic heterocycles. The fourth-order valence-corrected chi connectivity index (χ4v) is 4.58. The molecule has 1 aliphatic carbocycles. The molecule has 0 bridgehead atoms. The van der Waals surface area contributed by atoms with Crippen molar-refractivity contribution in [1.82, 2.24) is 9.97 Å². The number of fused-ring (bicyclic) bond motifs is 1. The molecule has 0 saturated heterocycles. The first-order chi connectivity index (χ1) is 12.1. The Balaban J connectivity index is 1.84. The molecule has 1 aliphatic rings. The lowest BCUT2D eigenvalue weighted by atomic mass is 10.4. The van der Waals surface area contributed by atoms with Crippen LogP contribution < -0.4 is 10.6 Å². The summed E-state index contributed by atoms with van der Waals surface area (Å²) in [6.45, 7) is 0.0613. The van der Waals surface area contributed by atoms with Gasteiger partial charge in [-0.15, -0.1) is 11.3 Å². The lowest BCUT2D eigenvalue weighted by Crippen LogP contribution is -2.15. The van der Waals surface area contributed by atoms with Gasteiger partial charge in [0.15, 0.2) is 5.13 Å². The number of anilines is 3. The van der Waals surface area contributed by atoms with Gasteiger partial charge in [-0.3, -0.25) is 4.55 Å². The third-order valence-electron chi connectivity index (χ3n) is 3.71. The lowest BCUT2D eigenvalue weighted by Gasteiger charge is -2.10. The molecule has 2 aromatic heterocycles. The van der Waals surface area contributed by atoms with Crippen molar-refractivity contribution in [3.8, 4) is 0 Å². The van der Waals surface area contributed by atoms with Gasteiger partial charge in [-0.05, 0) is 19.3 Å². The van der Waals surface area contributed by atoms with Crippen LogP contribution in [0.5, 0.6) is 0 Å². The minimum absolute atomic E-state index is 0.0613. The van der Waals surface area contributed by atoms with Crippen molar-refractivity contribution in [2.24, 2.45) is 0 Å². The first-order valence-electron chi connectivity index (χ1n) is 7.77. The third kappa shape index (κ3) is 4.90. The van der Waals surface area contributed by atoms with Crippen LogP contribution in [0.25, 0.3) is 0 Å². The van der Waals surface area contributed by atoms with E-state index in [1.54, 1.807) is 0 Å². The predicted molar refractivity (Wildman–Crippen MR) is 99.7 cm³/mol. The molecular formula is C14H18N4O5S3. The van der Waals surface area contributed by atoms with Crippen LogP contribution in [-0.4, -0.2) is 49.9 Å². The number of aryl methyl sites for hydroxylation is 2. The zero-order valence-electron chi connectivity index (χ0n) is 13.9. The number of thiazole rings is 1. The molecular weight excluding hydrogens is 400 g/mol. The van der Waals surface area contributed by atoms with Crippen molar-refractivity contribution in [3.05, 3.63) is 22.7 Å². The normalized spacial score (nSPS) is 14.2. The van der Waals surface area contributed by atoms with Gasteiger partial charge in [0.2, 0.25) is 0 Å². The van der Waals surface area contributed by atoms with Crippen LogP contribution in [-0.2, 0) is 32.8 Å². The molecule has 9 nitrogen and oxygen atoms in total. The van der Waals surface area contributed by atoms with Gasteiger partial charge in [0, 0.05) is 29.8 Å². The Morgan fingerprint density at radius 2 is 1.88 bits per heavy atom. The van der Waals surface area contributed by atoms with E-state index in [-0.39, 0.29) is 28.8 Å². The van der Waals surface area contributed by atoms with Gasteiger partial charge in [0.1, 0.15) is 26.4 Å². The highest BCUT2D eigenvalue weighted by Gasteiger charge is 2.18. The van der Waals surface area contributed by atoms with Crippen molar-refractivity contribution in [2.45, 2.75) is 24.2 Å². The van der Waals surface area contributed by atoms with Crippen LogP contribution in [0.3, 0.4) is 0 Å². The summed E-state index contributed by atoms with van der Waals surface area (Å²) in [5.41, 5.74) is 1.04. The second-order valence-electron chi connectivity index (χ2n) is 5.97. The van der Waals surface area contributed by atoms with Gasteiger partial charge in [0.25, 0.3) is 10.1 Å². The van der Waals surface area contributed by atoms with E-state index in [1.165, 1.54) is 22.3 Å². The zero-order chi connectivity index (χ0) is 18.9. The van der Waals surface area contributed by atoms with E-state index >= 15 is 0 Å². The first kappa shape index (κ1) is 19.0. The summed E-state index contributed by atoms with van der Waals surface area (Å²) in [5.74, 6) is 0.192. The summed E-state index contributed by atoms with van der Waals surface area (Å²) >= 11 is 1.48. The summed E-state index contributed by atoms with van der Waals surface area (Å²) in [4.78, 5) is 9.53. The summed E-state index contributed by atoms with van der Waals surface area (Å²) < 4.78 is 54.8. The van der Waals surface area contributed by atoms with Crippen molar-refractivity contribution in [3.63, 3.8) is 0 Å². The Morgan fingerprint density at radius 3 is 2.54 bits per heavy atom. The highest BCUT2D eigenvalue weighted by molar-refractivity contribution is 7.90. The smallest absolute Gasteiger partial charge is 0.294 e. The molecule has 0 radical (unpaired) electrons. The highest BCUT2D eigenvalue weighted by atomic mass is 32.2. The Hall–Kier alpha value is -1.76. The summed E-state index contributed by atoms with van der Waals surface area (Å²) in [5, 5.41) is 6.31. The van der Waals surface area contributed by atoms with Gasteiger partial charge in [-0.2, -0.15) is 8.42 Å². The van der Waals surface area contributed by atoms with E-state index in [4.69, 9.17) is 0 Å². The zero-order valence-corrected chi connectivity index (χ0v) is 16.3. The predicted octanol–water partition coefficient (Wildman–Crippen LogP) is 1.47. The van der Waals surface area contributed by atoms with Crippen LogP contribution in [0, 0.1) is 0 Å². The largest absolute Gasteiger partial charge is 0.369 e. The van der Waals surface area contributed by atoms with Crippen molar-refractivity contribution in [2.75, 3.05) is 29.2 Å². The van der Waals surface area contributed by atoms with E-state index in [2.05, 4.69) is 20.6 Å². The maximum Gasteiger partial charge on any atom is 0.294 e. The molecule has 0 aromatic carbocycles. The number of nitrogens with one attached hydrogen (secondary N) is 2. The first-order valence-corrected chi connectivity index (χ1v) is 12.1. The molecule has 0 atom stereocenters. The highest BCUT2D eigenvalue weighted by Crippen LogP contribution is 2.32. The van der Waals surface area contributed by atoms with E-state index in [0.29, 0.717) is 5.13 Å². The molecule has 0 amide bonds. The average molecular weight is 419 g/mol. The summed E-state index contributed by atoms with van der Waals surface area (Å²) in [6, 6.07) is 2.34. The Bertz CT molecular complexity index is 1010. The van der Waals surface area contributed by atoms with E-state index in [0.717, 1.165) is 37.3 Å². The van der Waals surface area contributed by atoms with Crippen LogP contribution in [0.2, 0.25) is 0 Å². The van der Waals surface area contributed by atoms with Gasteiger partial charge in [-0.1, -0.05) is 0 Å². The van der Waals surface area contributed by atoms with Crippen molar-refractivity contribution in [1.29, 1.82) is 0 Å². The van der Waals surface area contributed by atoms with Crippen molar-refractivity contribution < 1.29 is 21.4 Å². The molecule has 0 fully saturated rings. The summed E-state index contributed by atoms with van der Waals surface area (Å²) in [7, 11) is -7.62. The van der Waals surface area contributed by atoms with E-state index in [1.807, 2.05) is 0 Å². The lowest BCUT2D eigenvalue weighted by molar-refractivity contribution is 0.483. The van der Waals surface area contributed by atoms with Crippen LogP contribution in [0.15, 0.2) is 17.0 Å². The molecule has 3 N–H and O–H groups in total. The SMILES string of the molecule is CS(=O)(=O)CCNc1cc(S(=O)(=O)O)cc(Nc2nc3c(s2)CCC3)n1. The maximum atomic E-state index is 11.5. The minimum Gasteiger partial charge on any atom is -0.369 e. The second kappa shape index (κ2) is 7.10. The number of rotatable bonds is 7. The number of hydrogen-bond acceptors (Lipinski definition) is 9. The Morgan fingerprint density at radius 1 is 1.15 bits per heavy atom. The minimum atomic E-state index is -4.45. The number of nitrogens with zero attached hydrogens (tertiary/aromatic N) is 2. The van der Waals surface area contributed by atoms with Gasteiger partial charge < -0.3 is 10.6 Å².